The van der Waals surface area contributed by atoms with Crippen LogP contribution in [0.2, 0.25) is 0 Å². The molecule has 1 aliphatic carbocycles. The number of hydrogen-bond acceptors (Lipinski definition) is 7. The molecule has 0 spiro atoms. The van der Waals surface area contributed by atoms with Gasteiger partial charge >= 0.3 is 5.97 Å². The van der Waals surface area contributed by atoms with E-state index in [0.29, 0.717) is 48.7 Å². The van der Waals surface area contributed by atoms with E-state index in [0.717, 1.165) is 16.7 Å². The number of anilines is 1. The Morgan fingerprint density at radius 3 is 2.57 bits per heavy atom. The summed E-state index contributed by atoms with van der Waals surface area (Å²) in [6, 6.07) is 5.37. The summed E-state index contributed by atoms with van der Waals surface area (Å²) in [6.45, 7) is 9.57. The molecule has 0 unspecified atom stereocenters. The number of carboxylic acids is 1. The highest BCUT2D eigenvalue weighted by atomic mass is 16.6. The van der Waals surface area contributed by atoms with Crippen LogP contribution in [-0.2, 0) is 19.8 Å². The Hall–Kier alpha value is -3.46. The van der Waals surface area contributed by atoms with Crippen LogP contribution in [-0.4, -0.2) is 73.2 Å². The quantitative estimate of drug-likeness (QED) is 0.366. The SMILES string of the molecule is CCON=C1CC2=C(C=C1C(=O)NC)CN(CC(=O)c1ccc(NCC(=O)O)c(C(C)(C)C)c1)C2. The summed E-state index contributed by atoms with van der Waals surface area (Å²) >= 11 is 0. The van der Waals surface area contributed by atoms with E-state index in [4.69, 9.17) is 9.94 Å². The second kappa shape index (κ2) is 10.9. The molecule has 0 radical (unpaired) electrons. The van der Waals surface area contributed by atoms with Crippen molar-refractivity contribution < 1.29 is 24.3 Å². The van der Waals surface area contributed by atoms with E-state index < -0.39 is 5.97 Å². The molecule has 0 aromatic heterocycles. The van der Waals surface area contributed by atoms with Gasteiger partial charge in [0.15, 0.2) is 5.78 Å². The molecule has 188 valence electrons. The molecule has 0 bridgehead atoms. The molecule has 3 N–H and O–H groups in total. The minimum Gasteiger partial charge on any atom is -0.480 e. The smallest absolute Gasteiger partial charge is 0.322 e. The van der Waals surface area contributed by atoms with Crippen LogP contribution in [0.4, 0.5) is 5.69 Å². The maximum atomic E-state index is 13.2. The van der Waals surface area contributed by atoms with Crippen LogP contribution in [0.3, 0.4) is 0 Å². The lowest BCUT2D eigenvalue weighted by Crippen LogP contribution is -2.29. The van der Waals surface area contributed by atoms with Crippen LogP contribution in [0, 0.1) is 0 Å². The molecule has 2 aliphatic rings. The van der Waals surface area contributed by atoms with Gasteiger partial charge in [-0.15, -0.1) is 0 Å². The van der Waals surface area contributed by atoms with Gasteiger partial charge in [0.1, 0.15) is 13.2 Å². The summed E-state index contributed by atoms with van der Waals surface area (Å²) in [4.78, 5) is 43.8. The summed E-state index contributed by atoms with van der Waals surface area (Å²) < 4.78 is 0. The first kappa shape index (κ1) is 26.2. The van der Waals surface area contributed by atoms with Crippen LogP contribution in [0.1, 0.15) is 50.0 Å². The maximum absolute atomic E-state index is 13.2. The molecule has 9 heteroatoms. The van der Waals surface area contributed by atoms with Gasteiger partial charge in [-0.05, 0) is 53.3 Å². The van der Waals surface area contributed by atoms with Crippen LogP contribution >= 0.6 is 0 Å². The van der Waals surface area contributed by atoms with Gasteiger partial charge in [0.05, 0.1) is 17.8 Å². The fourth-order valence-corrected chi connectivity index (χ4v) is 4.28. The fraction of sp³-hybridized carbons (Fsp3) is 0.462. The monoisotopic (exact) mass is 482 g/mol. The van der Waals surface area contributed by atoms with Crippen molar-refractivity contribution in [2.24, 2.45) is 5.16 Å². The van der Waals surface area contributed by atoms with Gasteiger partial charge in [-0.25, -0.2) is 0 Å². The number of carboxylic acid groups (broad SMARTS) is 1. The Morgan fingerprint density at radius 2 is 1.94 bits per heavy atom. The molecule has 1 amide bonds. The highest BCUT2D eigenvalue weighted by molar-refractivity contribution is 6.23. The Labute approximate surface area is 205 Å². The fourth-order valence-electron chi connectivity index (χ4n) is 4.28. The predicted molar refractivity (Wildman–Crippen MR) is 135 cm³/mol. The number of amides is 1. The third-order valence-electron chi connectivity index (χ3n) is 6.00. The number of benzene rings is 1. The van der Waals surface area contributed by atoms with E-state index in [9.17, 15) is 14.4 Å². The number of oxime groups is 1. The third-order valence-corrected chi connectivity index (χ3v) is 6.00. The van der Waals surface area contributed by atoms with Gasteiger partial charge in [0.25, 0.3) is 5.91 Å². The van der Waals surface area contributed by atoms with Crippen LogP contribution in [0.25, 0.3) is 0 Å². The second-order valence-electron chi connectivity index (χ2n) is 9.72. The number of Topliss-reactive ketones (excluding diaryl/α,β-unsaturated/α-hetero) is 1. The summed E-state index contributed by atoms with van der Waals surface area (Å²) in [7, 11) is 1.58. The van der Waals surface area contributed by atoms with E-state index in [1.807, 2.05) is 39.8 Å². The number of carbonyl (C=O) groups is 3. The number of carbonyl (C=O) groups excluding carboxylic acids is 2. The van der Waals surface area contributed by atoms with E-state index >= 15 is 0 Å². The molecule has 0 atom stereocenters. The second-order valence-corrected chi connectivity index (χ2v) is 9.72. The number of ketones is 1. The zero-order valence-electron chi connectivity index (χ0n) is 21.0. The Balaban J connectivity index is 1.75. The molecule has 9 nitrogen and oxygen atoms in total. The number of nitrogens with zero attached hydrogens (tertiary/aromatic N) is 2. The van der Waals surface area contributed by atoms with E-state index in [1.54, 1.807) is 19.2 Å². The normalized spacial score (nSPS) is 17.2. The zero-order chi connectivity index (χ0) is 25.8. The summed E-state index contributed by atoms with van der Waals surface area (Å²) in [5.74, 6) is -1.17. The molecule has 35 heavy (non-hydrogen) atoms. The number of aliphatic carboxylic acids is 1. The molecule has 1 aromatic carbocycles. The Morgan fingerprint density at radius 1 is 1.20 bits per heavy atom. The lowest BCUT2D eigenvalue weighted by molar-refractivity contribution is -0.135. The van der Waals surface area contributed by atoms with Crippen molar-refractivity contribution in [3.8, 4) is 0 Å². The topological polar surface area (TPSA) is 120 Å². The number of nitrogens with one attached hydrogen (secondary N) is 2. The Kier molecular flexibility index (Phi) is 8.11. The minimum absolute atomic E-state index is 0.0150. The number of likely N-dealkylation sites (N-methyl/N-ethyl adjacent to an activating group) is 1. The number of rotatable bonds is 9. The lowest BCUT2D eigenvalue weighted by Gasteiger charge is -2.24. The largest absolute Gasteiger partial charge is 0.480 e. The van der Waals surface area contributed by atoms with Crippen LogP contribution in [0.5, 0.6) is 0 Å². The zero-order valence-corrected chi connectivity index (χ0v) is 21.0. The van der Waals surface area contributed by atoms with E-state index in [2.05, 4.69) is 20.7 Å². The van der Waals surface area contributed by atoms with Gasteiger partial charge in [-0.1, -0.05) is 25.9 Å². The molecule has 1 heterocycles. The highest BCUT2D eigenvalue weighted by Gasteiger charge is 2.31. The van der Waals surface area contributed by atoms with Gasteiger partial charge in [-0.2, -0.15) is 0 Å². The average Bonchev–Trinajstić information content (AvgIpc) is 3.20. The lowest BCUT2D eigenvalue weighted by atomic mass is 9.84. The first-order chi connectivity index (χ1) is 16.5. The first-order valence-corrected chi connectivity index (χ1v) is 11.7. The molecule has 0 saturated carbocycles. The van der Waals surface area contributed by atoms with Crippen LogP contribution in [0.15, 0.2) is 46.2 Å². The van der Waals surface area contributed by atoms with Crippen LogP contribution < -0.4 is 10.6 Å². The van der Waals surface area contributed by atoms with Crippen molar-refractivity contribution in [3.05, 3.63) is 52.1 Å². The summed E-state index contributed by atoms with van der Waals surface area (Å²) in [5, 5.41) is 18.7. The summed E-state index contributed by atoms with van der Waals surface area (Å²) in [6.07, 6.45) is 2.36. The van der Waals surface area contributed by atoms with E-state index in [-0.39, 0.29) is 30.2 Å². The number of hydrogen-bond donors (Lipinski definition) is 3. The minimum atomic E-state index is -0.946. The van der Waals surface area contributed by atoms with Crippen molar-refractivity contribution >= 4 is 29.1 Å². The third kappa shape index (κ3) is 6.36. The van der Waals surface area contributed by atoms with Gasteiger partial charge in [0.2, 0.25) is 0 Å². The standard InChI is InChI=1S/C26H34N4O5/c1-6-35-29-22-11-18-14-30(13-17(18)9-19(22)25(34)27-5)15-23(31)16-7-8-21(28-12-24(32)33)20(10-16)26(2,3)4/h7-10,28H,6,11-15H2,1-5H3,(H,27,34)(H,32,33). The molecule has 0 fully saturated rings. The van der Waals surface area contributed by atoms with Crippen molar-refractivity contribution in [2.45, 2.75) is 39.5 Å². The van der Waals surface area contributed by atoms with Crippen molar-refractivity contribution in [1.82, 2.24) is 10.2 Å². The van der Waals surface area contributed by atoms with Crippen molar-refractivity contribution in [3.63, 3.8) is 0 Å². The highest BCUT2D eigenvalue weighted by Crippen LogP contribution is 2.32. The van der Waals surface area contributed by atoms with Gasteiger partial charge in [-0.3, -0.25) is 19.3 Å². The van der Waals surface area contributed by atoms with Gasteiger partial charge < -0.3 is 20.6 Å². The maximum Gasteiger partial charge on any atom is 0.322 e. The molecular formula is C26H34N4O5. The molecule has 3 rings (SSSR count). The van der Waals surface area contributed by atoms with Gasteiger partial charge in [0, 0.05) is 37.8 Å². The molecule has 0 saturated heterocycles. The van der Waals surface area contributed by atoms with Crippen molar-refractivity contribution in [1.29, 1.82) is 0 Å². The molecule has 1 aromatic rings. The molecule has 1 aliphatic heterocycles. The average molecular weight is 483 g/mol. The molecular weight excluding hydrogens is 448 g/mol. The van der Waals surface area contributed by atoms with Crippen molar-refractivity contribution in [2.75, 3.05) is 45.2 Å². The Bertz CT molecular complexity index is 1110. The van der Waals surface area contributed by atoms with E-state index in [1.165, 1.54) is 0 Å². The predicted octanol–water partition coefficient (Wildman–Crippen LogP) is 2.74. The first-order valence-electron chi connectivity index (χ1n) is 11.7. The summed E-state index contributed by atoms with van der Waals surface area (Å²) in [5.41, 5.74) is 5.16.